The lowest BCUT2D eigenvalue weighted by atomic mass is 10.00. The zero-order valence-corrected chi connectivity index (χ0v) is 17.3. The number of hydrogen-bond donors (Lipinski definition) is 2. The highest BCUT2D eigenvalue weighted by molar-refractivity contribution is 6.05. The summed E-state index contributed by atoms with van der Waals surface area (Å²) in [6, 6.07) is 24.4. The van der Waals surface area contributed by atoms with E-state index < -0.39 is 0 Å². The number of nitrogens with one attached hydrogen (secondary N) is 1. The predicted molar refractivity (Wildman–Crippen MR) is 124 cm³/mol. The lowest BCUT2D eigenvalue weighted by molar-refractivity contribution is -0.129. The molecule has 1 aliphatic rings. The lowest BCUT2D eigenvalue weighted by Gasteiger charge is -2.28. The van der Waals surface area contributed by atoms with Crippen molar-refractivity contribution in [3.8, 4) is 0 Å². The van der Waals surface area contributed by atoms with Gasteiger partial charge in [-0.15, -0.1) is 0 Å². The maximum atomic E-state index is 12.9. The van der Waals surface area contributed by atoms with Crippen LogP contribution < -0.4 is 11.1 Å². The molecule has 0 radical (unpaired) electrons. The summed E-state index contributed by atoms with van der Waals surface area (Å²) in [5, 5.41) is 2.83. The fourth-order valence-electron chi connectivity index (χ4n) is 3.69. The molecule has 3 aromatic carbocycles. The minimum Gasteiger partial charge on any atom is -0.397 e. The van der Waals surface area contributed by atoms with Crippen LogP contribution in [-0.4, -0.2) is 23.3 Å². The summed E-state index contributed by atoms with van der Waals surface area (Å²) < 4.78 is 0. The number of anilines is 2. The van der Waals surface area contributed by atoms with E-state index in [1.165, 1.54) is 0 Å². The summed E-state index contributed by atoms with van der Waals surface area (Å²) in [4.78, 5) is 27.3. The van der Waals surface area contributed by atoms with Gasteiger partial charge in [-0.25, -0.2) is 0 Å². The van der Waals surface area contributed by atoms with Gasteiger partial charge in [0.05, 0.1) is 11.4 Å². The van der Waals surface area contributed by atoms with Crippen LogP contribution in [0.1, 0.15) is 34.3 Å². The third-order valence-corrected chi connectivity index (χ3v) is 5.38. The lowest BCUT2D eigenvalue weighted by Crippen LogP contribution is -2.36. The maximum Gasteiger partial charge on any atom is 0.255 e. The molecule has 0 saturated carbocycles. The number of likely N-dealkylation sites (tertiary alicyclic amines) is 1. The third kappa shape index (κ3) is 5.01. The molecule has 0 aromatic heterocycles. The van der Waals surface area contributed by atoms with E-state index in [0.717, 1.165) is 36.1 Å². The van der Waals surface area contributed by atoms with Crippen LogP contribution in [0.2, 0.25) is 0 Å². The minimum atomic E-state index is -0.216. The van der Waals surface area contributed by atoms with E-state index in [2.05, 4.69) is 5.32 Å². The van der Waals surface area contributed by atoms with Gasteiger partial charge in [0, 0.05) is 24.2 Å². The van der Waals surface area contributed by atoms with Crippen molar-refractivity contribution in [3.63, 3.8) is 0 Å². The van der Waals surface area contributed by atoms with Crippen molar-refractivity contribution in [1.29, 1.82) is 0 Å². The topological polar surface area (TPSA) is 75.4 Å². The fourth-order valence-corrected chi connectivity index (χ4v) is 3.69. The average Bonchev–Trinajstić information content (AvgIpc) is 2.79. The number of hydrogen-bond acceptors (Lipinski definition) is 3. The van der Waals surface area contributed by atoms with Crippen LogP contribution in [0.3, 0.4) is 0 Å². The van der Waals surface area contributed by atoms with Crippen molar-refractivity contribution in [3.05, 3.63) is 101 Å². The molecule has 2 amide bonds. The molecular weight excluding hydrogens is 386 g/mol. The highest BCUT2D eigenvalue weighted by Crippen LogP contribution is 2.22. The SMILES string of the molecule is Nc1ccccc1NC(=O)c1ccc(CN2CCC/C(=C\c3ccccc3)C2=O)cc1. The number of nitrogens with two attached hydrogens (primary N) is 1. The fraction of sp³-hybridized carbons (Fsp3) is 0.154. The van der Waals surface area contributed by atoms with E-state index >= 15 is 0 Å². The number of rotatable bonds is 5. The van der Waals surface area contributed by atoms with Gasteiger partial charge in [0.2, 0.25) is 5.91 Å². The number of para-hydroxylation sites is 2. The summed E-state index contributed by atoms with van der Waals surface area (Å²) in [5.41, 5.74) is 10.4. The van der Waals surface area contributed by atoms with Gasteiger partial charge in [-0.2, -0.15) is 0 Å². The van der Waals surface area contributed by atoms with Crippen molar-refractivity contribution in [2.45, 2.75) is 19.4 Å². The molecule has 4 rings (SSSR count). The molecule has 156 valence electrons. The summed E-state index contributed by atoms with van der Waals surface area (Å²) in [6.07, 6.45) is 3.73. The van der Waals surface area contributed by atoms with Gasteiger partial charge < -0.3 is 16.0 Å². The molecule has 5 heteroatoms. The number of amides is 2. The maximum absolute atomic E-state index is 12.9. The molecule has 0 atom stereocenters. The van der Waals surface area contributed by atoms with Crippen molar-refractivity contribution in [2.75, 3.05) is 17.6 Å². The third-order valence-electron chi connectivity index (χ3n) is 5.38. The molecule has 1 saturated heterocycles. The molecule has 1 aliphatic heterocycles. The first kappa shape index (κ1) is 20.4. The Morgan fingerprint density at radius 3 is 2.42 bits per heavy atom. The Hall–Kier alpha value is -3.86. The van der Waals surface area contributed by atoms with Gasteiger partial charge in [0.25, 0.3) is 5.91 Å². The zero-order chi connectivity index (χ0) is 21.6. The standard InChI is InChI=1S/C26H25N3O2/c27-23-10-4-5-11-24(23)28-25(30)21-14-12-20(13-15-21)18-29-16-6-9-22(26(29)31)17-19-7-2-1-3-8-19/h1-5,7-8,10-15,17H,6,9,16,18,27H2,(H,28,30)/b22-17+. The first-order valence-corrected chi connectivity index (χ1v) is 10.4. The molecule has 5 nitrogen and oxygen atoms in total. The Balaban J connectivity index is 1.41. The van der Waals surface area contributed by atoms with Crippen LogP contribution in [0.25, 0.3) is 6.08 Å². The second kappa shape index (κ2) is 9.30. The van der Waals surface area contributed by atoms with Crippen molar-refractivity contribution in [2.24, 2.45) is 0 Å². The summed E-state index contributed by atoms with van der Waals surface area (Å²) in [5.74, 6) is -0.136. The number of nitrogen functional groups attached to an aromatic ring is 1. The van der Waals surface area contributed by atoms with Gasteiger partial charge in [-0.3, -0.25) is 9.59 Å². The van der Waals surface area contributed by atoms with Gasteiger partial charge in [0.1, 0.15) is 0 Å². The normalized spacial score (nSPS) is 15.2. The molecule has 31 heavy (non-hydrogen) atoms. The Morgan fingerprint density at radius 1 is 0.968 bits per heavy atom. The van der Waals surface area contributed by atoms with Crippen molar-refractivity contribution < 1.29 is 9.59 Å². The number of carbonyl (C=O) groups excluding carboxylic acids is 2. The minimum absolute atomic E-state index is 0.0801. The Morgan fingerprint density at radius 2 is 1.68 bits per heavy atom. The molecular formula is C26H25N3O2. The summed E-state index contributed by atoms with van der Waals surface area (Å²) >= 11 is 0. The predicted octanol–water partition coefficient (Wildman–Crippen LogP) is 4.73. The van der Waals surface area contributed by atoms with Crippen molar-refractivity contribution in [1.82, 2.24) is 4.90 Å². The number of piperidine rings is 1. The van der Waals surface area contributed by atoms with Crippen LogP contribution in [0.4, 0.5) is 11.4 Å². The van der Waals surface area contributed by atoms with Gasteiger partial charge in [-0.1, -0.05) is 54.6 Å². The van der Waals surface area contributed by atoms with Crippen LogP contribution >= 0.6 is 0 Å². The zero-order valence-electron chi connectivity index (χ0n) is 17.3. The smallest absolute Gasteiger partial charge is 0.255 e. The quantitative estimate of drug-likeness (QED) is 0.471. The number of benzene rings is 3. The first-order valence-electron chi connectivity index (χ1n) is 10.4. The first-order chi connectivity index (χ1) is 15.1. The molecule has 0 spiro atoms. The van der Waals surface area contributed by atoms with E-state index in [1.54, 1.807) is 24.3 Å². The van der Waals surface area contributed by atoms with E-state index in [0.29, 0.717) is 23.5 Å². The molecule has 3 aromatic rings. The monoisotopic (exact) mass is 411 g/mol. The van der Waals surface area contributed by atoms with Crippen molar-refractivity contribution >= 4 is 29.3 Å². The number of carbonyl (C=O) groups is 2. The van der Waals surface area contributed by atoms with Gasteiger partial charge in [-0.05, 0) is 54.3 Å². The van der Waals surface area contributed by atoms with E-state index in [9.17, 15) is 9.59 Å². The van der Waals surface area contributed by atoms with Crippen LogP contribution in [-0.2, 0) is 11.3 Å². The number of nitrogens with zero attached hydrogens (tertiary/aromatic N) is 1. The Kier molecular flexibility index (Phi) is 6.13. The summed E-state index contributed by atoms with van der Waals surface area (Å²) in [6.45, 7) is 1.26. The van der Waals surface area contributed by atoms with Crippen LogP contribution in [0.5, 0.6) is 0 Å². The van der Waals surface area contributed by atoms with Gasteiger partial charge >= 0.3 is 0 Å². The summed E-state index contributed by atoms with van der Waals surface area (Å²) in [7, 11) is 0. The second-order valence-corrected chi connectivity index (χ2v) is 7.65. The Bertz CT molecular complexity index is 1110. The average molecular weight is 412 g/mol. The van der Waals surface area contributed by atoms with E-state index in [4.69, 9.17) is 5.73 Å². The molecule has 1 heterocycles. The van der Waals surface area contributed by atoms with Gasteiger partial charge in [0.15, 0.2) is 0 Å². The largest absolute Gasteiger partial charge is 0.397 e. The molecule has 0 bridgehead atoms. The highest BCUT2D eigenvalue weighted by atomic mass is 16.2. The second-order valence-electron chi connectivity index (χ2n) is 7.65. The van der Waals surface area contributed by atoms with E-state index in [-0.39, 0.29) is 11.8 Å². The highest BCUT2D eigenvalue weighted by Gasteiger charge is 2.23. The van der Waals surface area contributed by atoms with E-state index in [1.807, 2.05) is 65.6 Å². The van der Waals surface area contributed by atoms with Crippen LogP contribution in [0, 0.1) is 0 Å². The molecule has 3 N–H and O–H groups in total. The Labute approximate surface area is 182 Å². The molecule has 0 unspecified atom stereocenters. The van der Waals surface area contributed by atoms with Crippen LogP contribution in [0.15, 0.2) is 84.4 Å². The molecule has 1 fully saturated rings. The molecule has 0 aliphatic carbocycles.